The summed E-state index contributed by atoms with van der Waals surface area (Å²) in [6.07, 6.45) is 0. The number of rotatable bonds is 7. The second-order valence-electron chi connectivity index (χ2n) is 10.3. The zero-order chi connectivity index (χ0) is 26.6. The molecule has 0 spiro atoms. The largest absolute Gasteiger partial charge is 0.0622 e. The van der Waals surface area contributed by atoms with Crippen molar-refractivity contribution in [1.29, 1.82) is 0 Å². The number of hydrogen-bond acceptors (Lipinski definition) is 0. The molecule has 0 heterocycles. The van der Waals surface area contributed by atoms with Crippen molar-refractivity contribution in [2.75, 3.05) is 0 Å². The first kappa shape index (κ1) is 26.6. The lowest BCUT2D eigenvalue weighted by molar-refractivity contribution is 1.10. The average Bonchev–Trinajstić information content (AvgIpc) is 2.89. The predicted molar refractivity (Wildman–Crippen MR) is 172 cm³/mol. The SMILES string of the molecule is Cc1cc(C)cc(P(c2cc(C)cc(C)c2)[C@H](C)c2ccccc2P(c2ccccc2)c2ccccc2)c1. The van der Waals surface area contributed by atoms with Crippen LogP contribution in [0.15, 0.2) is 121 Å². The van der Waals surface area contributed by atoms with Crippen LogP contribution in [-0.4, -0.2) is 0 Å². The second kappa shape index (κ2) is 11.8. The Bertz CT molecular complexity index is 1390. The minimum absolute atomic E-state index is 0.362. The van der Waals surface area contributed by atoms with Crippen molar-refractivity contribution in [1.82, 2.24) is 0 Å². The van der Waals surface area contributed by atoms with Gasteiger partial charge in [-0.15, -0.1) is 0 Å². The Kier molecular flexibility index (Phi) is 8.24. The molecule has 0 radical (unpaired) electrons. The van der Waals surface area contributed by atoms with Crippen molar-refractivity contribution in [3.05, 3.63) is 149 Å². The van der Waals surface area contributed by atoms with Gasteiger partial charge in [-0.1, -0.05) is 151 Å². The molecule has 0 saturated heterocycles. The van der Waals surface area contributed by atoms with Crippen molar-refractivity contribution in [3.63, 3.8) is 0 Å². The van der Waals surface area contributed by atoms with Crippen LogP contribution in [-0.2, 0) is 0 Å². The first-order valence-corrected chi connectivity index (χ1v) is 16.1. The summed E-state index contributed by atoms with van der Waals surface area (Å²) in [6.45, 7) is 11.4. The van der Waals surface area contributed by atoms with E-state index >= 15 is 0 Å². The van der Waals surface area contributed by atoms with Crippen LogP contribution in [0.1, 0.15) is 40.4 Å². The lowest BCUT2D eigenvalue weighted by atomic mass is 10.1. The van der Waals surface area contributed by atoms with E-state index in [0.717, 1.165) is 0 Å². The first-order valence-electron chi connectivity index (χ1n) is 13.4. The molecular formula is C36H36P2. The average molecular weight is 531 g/mol. The maximum Gasteiger partial charge on any atom is 0.0100 e. The van der Waals surface area contributed by atoms with Crippen molar-refractivity contribution in [2.24, 2.45) is 0 Å². The van der Waals surface area contributed by atoms with Gasteiger partial charge < -0.3 is 0 Å². The molecule has 5 aromatic rings. The van der Waals surface area contributed by atoms with Gasteiger partial charge in [-0.25, -0.2) is 0 Å². The molecule has 0 aliphatic heterocycles. The molecule has 1 atom stereocenters. The Morgan fingerprint density at radius 1 is 0.447 bits per heavy atom. The Hall–Kier alpha value is -3.04. The van der Waals surface area contributed by atoms with Gasteiger partial charge in [0.15, 0.2) is 0 Å². The van der Waals surface area contributed by atoms with Crippen LogP contribution in [0.25, 0.3) is 0 Å². The molecule has 0 aliphatic rings. The van der Waals surface area contributed by atoms with Crippen LogP contribution in [0.5, 0.6) is 0 Å². The minimum atomic E-state index is -0.676. The van der Waals surface area contributed by atoms with E-state index in [1.807, 2.05) is 0 Å². The van der Waals surface area contributed by atoms with E-state index in [2.05, 4.69) is 156 Å². The van der Waals surface area contributed by atoms with Gasteiger partial charge in [0.2, 0.25) is 0 Å². The smallest absolute Gasteiger partial charge is 0.0100 e. The molecule has 0 fully saturated rings. The Morgan fingerprint density at radius 3 is 1.29 bits per heavy atom. The minimum Gasteiger partial charge on any atom is -0.0622 e. The van der Waals surface area contributed by atoms with E-state index in [-0.39, 0.29) is 0 Å². The molecule has 38 heavy (non-hydrogen) atoms. The maximum atomic E-state index is 2.46. The molecule has 190 valence electrons. The molecule has 5 rings (SSSR count). The molecule has 0 aliphatic carbocycles. The summed E-state index contributed by atoms with van der Waals surface area (Å²) in [4.78, 5) is 0. The van der Waals surface area contributed by atoms with E-state index in [0.29, 0.717) is 5.66 Å². The lowest BCUT2D eigenvalue weighted by Crippen LogP contribution is -2.26. The second-order valence-corrected chi connectivity index (χ2v) is 15.0. The van der Waals surface area contributed by atoms with Crippen molar-refractivity contribution >= 4 is 42.4 Å². The van der Waals surface area contributed by atoms with E-state index < -0.39 is 15.8 Å². The van der Waals surface area contributed by atoms with Gasteiger partial charge in [-0.2, -0.15) is 0 Å². The molecule has 2 heteroatoms. The molecule has 0 aromatic heterocycles. The Labute approximate surface area is 231 Å². The fourth-order valence-electron chi connectivity index (χ4n) is 5.54. The van der Waals surface area contributed by atoms with Crippen molar-refractivity contribution < 1.29 is 0 Å². The third kappa shape index (κ3) is 5.83. The summed E-state index contributed by atoms with van der Waals surface area (Å²) in [7, 11) is -1.30. The quantitative estimate of drug-likeness (QED) is 0.188. The van der Waals surface area contributed by atoms with Gasteiger partial charge in [-0.3, -0.25) is 0 Å². The fourth-order valence-corrected chi connectivity index (χ4v) is 11.3. The fraction of sp³-hybridized carbons (Fsp3) is 0.167. The van der Waals surface area contributed by atoms with Crippen LogP contribution < -0.4 is 26.5 Å². The zero-order valence-corrected chi connectivity index (χ0v) is 24.8. The van der Waals surface area contributed by atoms with Crippen LogP contribution in [0.2, 0.25) is 0 Å². The molecule has 0 bridgehead atoms. The van der Waals surface area contributed by atoms with Gasteiger partial charge in [0.25, 0.3) is 0 Å². The maximum absolute atomic E-state index is 2.46. The molecule has 0 N–H and O–H groups in total. The Morgan fingerprint density at radius 2 is 0.842 bits per heavy atom. The summed E-state index contributed by atoms with van der Waals surface area (Å²) in [5.74, 6) is 0. The number of aryl methyl sites for hydroxylation is 4. The van der Waals surface area contributed by atoms with E-state index in [9.17, 15) is 0 Å². The Balaban J connectivity index is 1.71. The van der Waals surface area contributed by atoms with Crippen LogP contribution in [0.4, 0.5) is 0 Å². The molecular weight excluding hydrogens is 494 g/mol. The van der Waals surface area contributed by atoms with E-state index in [4.69, 9.17) is 0 Å². The highest BCUT2D eigenvalue weighted by molar-refractivity contribution is 7.80. The molecule has 0 amide bonds. The summed E-state index contributed by atoms with van der Waals surface area (Å²) in [5, 5.41) is 7.20. The third-order valence-corrected chi connectivity index (χ3v) is 12.2. The molecule has 5 aromatic carbocycles. The summed E-state index contributed by atoms with van der Waals surface area (Å²) < 4.78 is 0. The van der Waals surface area contributed by atoms with Crippen LogP contribution in [0.3, 0.4) is 0 Å². The highest BCUT2D eigenvalue weighted by Crippen LogP contribution is 2.51. The van der Waals surface area contributed by atoms with Gasteiger partial charge in [0.1, 0.15) is 0 Å². The monoisotopic (exact) mass is 530 g/mol. The van der Waals surface area contributed by atoms with Gasteiger partial charge >= 0.3 is 0 Å². The van der Waals surface area contributed by atoms with Crippen LogP contribution >= 0.6 is 15.8 Å². The zero-order valence-electron chi connectivity index (χ0n) is 23.0. The normalized spacial score (nSPS) is 12.2. The van der Waals surface area contributed by atoms with Crippen LogP contribution in [0, 0.1) is 27.7 Å². The topological polar surface area (TPSA) is 0 Å². The summed E-state index contributed by atoms with van der Waals surface area (Å²) >= 11 is 0. The molecule has 0 unspecified atom stereocenters. The molecule has 0 saturated carbocycles. The molecule has 0 nitrogen and oxygen atoms in total. The standard InChI is InChI=1S/C36H36P2/c1-26-20-27(2)23-33(22-26)37(34-24-28(3)21-29(4)25-34)30(5)35-18-12-13-19-36(35)38(31-14-8-6-9-15-31)32-16-10-7-11-17-32/h6-25,30H,1-5H3/t30-/m1/s1. The third-order valence-electron chi connectivity index (χ3n) is 7.01. The highest BCUT2D eigenvalue weighted by Gasteiger charge is 2.28. The van der Waals surface area contributed by atoms with E-state index in [1.54, 1.807) is 0 Å². The number of hydrogen-bond donors (Lipinski definition) is 0. The lowest BCUT2D eigenvalue weighted by Gasteiger charge is -2.31. The number of benzene rings is 5. The highest BCUT2D eigenvalue weighted by atomic mass is 31.1. The van der Waals surface area contributed by atoms with Crippen molar-refractivity contribution in [3.8, 4) is 0 Å². The predicted octanol–water partition coefficient (Wildman–Crippen LogP) is 7.87. The van der Waals surface area contributed by atoms with Gasteiger partial charge in [0.05, 0.1) is 0 Å². The summed E-state index contributed by atoms with van der Waals surface area (Å²) in [6, 6.07) is 45.7. The van der Waals surface area contributed by atoms with Crippen molar-refractivity contribution in [2.45, 2.75) is 40.3 Å². The van der Waals surface area contributed by atoms with Gasteiger partial charge in [-0.05, 0) is 75.6 Å². The van der Waals surface area contributed by atoms with E-state index in [1.165, 1.54) is 54.3 Å². The first-order chi connectivity index (χ1) is 18.4. The summed E-state index contributed by atoms with van der Waals surface area (Å²) in [5.41, 5.74) is 7.19. The van der Waals surface area contributed by atoms with Gasteiger partial charge in [0, 0.05) is 5.66 Å².